The zero-order valence-electron chi connectivity index (χ0n) is 11.2. The minimum Gasteiger partial charge on any atom is -0.459 e. The molecule has 1 saturated carbocycles. The molecule has 0 aromatic carbocycles. The monoisotopic (exact) mass is 276 g/mol. The molecule has 0 N–H and O–H groups in total. The zero-order valence-corrected chi connectivity index (χ0v) is 12.0. The van der Waals surface area contributed by atoms with Gasteiger partial charge in [0.25, 0.3) is 0 Å². The summed E-state index contributed by atoms with van der Waals surface area (Å²) in [6.07, 6.45) is 0.588. The van der Waals surface area contributed by atoms with Gasteiger partial charge in [-0.1, -0.05) is 6.92 Å². The van der Waals surface area contributed by atoms with Crippen LogP contribution in [0.3, 0.4) is 0 Å². The van der Waals surface area contributed by atoms with Gasteiger partial charge in [-0.2, -0.15) is 0 Å². The number of hydrogen-bond acceptors (Lipinski definition) is 5. The maximum absolute atomic E-state index is 12.0. The summed E-state index contributed by atoms with van der Waals surface area (Å²) in [7, 11) is -3.61. The Morgan fingerprint density at radius 3 is 2.33 bits per heavy atom. The molecular formula is C12H20O5S. The first-order valence-electron chi connectivity index (χ1n) is 5.99. The van der Waals surface area contributed by atoms with E-state index in [4.69, 9.17) is 4.74 Å². The second kappa shape index (κ2) is 4.99. The number of rotatable bonds is 3. The third-order valence-electron chi connectivity index (χ3n) is 2.94. The number of carbonyl (C=O) groups is 2. The van der Waals surface area contributed by atoms with Crippen molar-refractivity contribution < 1.29 is 22.7 Å². The quantitative estimate of drug-likeness (QED) is 0.722. The smallest absolute Gasteiger partial charge is 0.321 e. The standard InChI is InChI=1S/C12H20O5S/c1-8-9(13)5-6-10(8)18(15,16)7-11(14)17-12(2,3)4/h8,10H,5-7H2,1-4H3. The number of hydrogen-bond donors (Lipinski definition) is 0. The lowest BCUT2D eigenvalue weighted by Crippen LogP contribution is -2.34. The number of carbonyl (C=O) groups excluding carboxylic acids is 2. The fourth-order valence-electron chi connectivity index (χ4n) is 2.10. The molecule has 2 atom stereocenters. The summed E-state index contributed by atoms with van der Waals surface area (Å²) in [5.41, 5.74) is -0.705. The fourth-order valence-corrected chi connectivity index (χ4v) is 3.95. The zero-order chi connectivity index (χ0) is 14.1. The third-order valence-corrected chi connectivity index (χ3v) is 5.15. The highest BCUT2D eigenvalue weighted by Gasteiger charge is 2.41. The summed E-state index contributed by atoms with van der Waals surface area (Å²) in [6.45, 7) is 6.64. The Morgan fingerprint density at radius 1 is 1.39 bits per heavy atom. The predicted molar refractivity (Wildman–Crippen MR) is 66.8 cm³/mol. The topological polar surface area (TPSA) is 77.5 Å². The van der Waals surface area contributed by atoms with Crippen molar-refractivity contribution in [3.8, 4) is 0 Å². The van der Waals surface area contributed by atoms with Gasteiger partial charge >= 0.3 is 5.97 Å². The van der Waals surface area contributed by atoms with E-state index >= 15 is 0 Å². The molecule has 0 aromatic heterocycles. The molecule has 18 heavy (non-hydrogen) atoms. The van der Waals surface area contributed by atoms with Crippen molar-refractivity contribution in [2.45, 2.75) is 51.4 Å². The Bertz CT molecular complexity index is 444. The highest BCUT2D eigenvalue weighted by Crippen LogP contribution is 2.28. The van der Waals surface area contributed by atoms with Crippen LogP contribution >= 0.6 is 0 Å². The van der Waals surface area contributed by atoms with Crippen LogP contribution in [-0.2, 0) is 24.2 Å². The molecule has 0 saturated heterocycles. The lowest BCUT2D eigenvalue weighted by atomic mass is 10.1. The normalized spacial score (nSPS) is 25.2. The van der Waals surface area contributed by atoms with Gasteiger partial charge < -0.3 is 4.74 Å². The van der Waals surface area contributed by atoms with Gasteiger partial charge in [0.05, 0.1) is 5.25 Å². The van der Waals surface area contributed by atoms with Crippen LogP contribution in [0.5, 0.6) is 0 Å². The van der Waals surface area contributed by atoms with Crippen LogP contribution in [0.1, 0.15) is 40.5 Å². The average molecular weight is 276 g/mol. The number of sulfone groups is 1. The third kappa shape index (κ3) is 3.80. The first-order valence-corrected chi connectivity index (χ1v) is 7.70. The van der Waals surface area contributed by atoms with E-state index in [2.05, 4.69) is 0 Å². The van der Waals surface area contributed by atoms with Crippen LogP contribution in [0, 0.1) is 5.92 Å². The number of Topliss-reactive ketones (excluding diaryl/α,β-unsaturated/α-hetero) is 1. The molecule has 6 heteroatoms. The first kappa shape index (κ1) is 15.1. The maximum Gasteiger partial charge on any atom is 0.321 e. The average Bonchev–Trinajstić information content (AvgIpc) is 2.43. The van der Waals surface area contributed by atoms with Crippen LogP contribution in [-0.4, -0.2) is 36.8 Å². The first-order chi connectivity index (χ1) is 8.03. The summed E-state index contributed by atoms with van der Waals surface area (Å²) in [5.74, 6) is -1.97. The van der Waals surface area contributed by atoms with E-state index in [0.717, 1.165) is 0 Å². The van der Waals surface area contributed by atoms with Crippen LogP contribution < -0.4 is 0 Å². The Balaban J connectivity index is 2.72. The van der Waals surface area contributed by atoms with Gasteiger partial charge in [0.15, 0.2) is 9.84 Å². The van der Waals surface area contributed by atoms with Crippen molar-refractivity contribution in [3.05, 3.63) is 0 Å². The van der Waals surface area contributed by atoms with Crippen LogP contribution in [0.2, 0.25) is 0 Å². The molecule has 2 unspecified atom stereocenters. The number of ketones is 1. The van der Waals surface area contributed by atoms with Crippen molar-refractivity contribution in [1.82, 2.24) is 0 Å². The maximum atomic E-state index is 12.0. The largest absolute Gasteiger partial charge is 0.459 e. The van der Waals surface area contributed by atoms with E-state index in [-0.39, 0.29) is 12.2 Å². The molecule has 1 fully saturated rings. The molecule has 0 spiro atoms. The van der Waals surface area contributed by atoms with Crippen LogP contribution in [0.4, 0.5) is 0 Å². The number of ether oxygens (including phenoxy) is 1. The molecule has 0 radical (unpaired) electrons. The summed E-state index contributed by atoms with van der Waals surface area (Å²) >= 11 is 0. The minimum atomic E-state index is -3.61. The van der Waals surface area contributed by atoms with Crippen LogP contribution in [0.25, 0.3) is 0 Å². The van der Waals surface area contributed by atoms with Gasteiger partial charge in [0, 0.05) is 12.3 Å². The van der Waals surface area contributed by atoms with Gasteiger partial charge in [-0.05, 0) is 27.2 Å². The fraction of sp³-hybridized carbons (Fsp3) is 0.833. The van der Waals surface area contributed by atoms with Crippen molar-refractivity contribution >= 4 is 21.6 Å². The molecule has 0 aliphatic heterocycles. The molecule has 1 rings (SSSR count). The summed E-state index contributed by atoms with van der Waals surface area (Å²) in [5, 5.41) is -0.738. The second-order valence-corrected chi connectivity index (χ2v) is 7.95. The molecule has 5 nitrogen and oxygen atoms in total. The van der Waals surface area contributed by atoms with Crippen molar-refractivity contribution in [3.63, 3.8) is 0 Å². The highest BCUT2D eigenvalue weighted by molar-refractivity contribution is 7.92. The Morgan fingerprint density at radius 2 is 1.94 bits per heavy atom. The molecule has 0 bridgehead atoms. The Kier molecular flexibility index (Phi) is 4.20. The Hall–Kier alpha value is -0.910. The lowest BCUT2D eigenvalue weighted by molar-refractivity contribution is -0.151. The molecule has 104 valence electrons. The predicted octanol–water partition coefficient (Wildman–Crippen LogP) is 1.11. The van der Waals surface area contributed by atoms with E-state index in [0.29, 0.717) is 6.42 Å². The Labute approximate surface area is 108 Å². The van der Waals surface area contributed by atoms with Gasteiger partial charge in [-0.3, -0.25) is 9.59 Å². The molecule has 1 aliphatic rings. The number of esters is 1. The lowest BCUT2D eigenvalue weighted by Gasteiger charge is -2.21. The highest BCUT2D eigenvalue weighted by atomic mass is 32.2. The molecular weight excluding hydrogens is 256 g/mol. The van der Waals surface area contributed by atoms with Gasteiger partial charge in [0.2, 0.25) is 0 Å². The SMILES string of the molecule is CC1C(=O)CCC1S(=O)(=O)CC(=O)OC(C)(C)C. The van der Waals surface area contributed by atoms with Gasteiger partial charge in [-0.15, -0.1) is 0 Å². The second-order valence-electron chi connectivity index (χ2n) is 5.73. The van der Waals surface area contributed by atoms with Gasteiger partial charge in [-0.25, -0.2) is 8.42 Å². The summed E-state index contributed by atoms with van der Waals surface area (Å²) in [4.78, 5) is 22.9. The molecule has 0 heterocycles. The summed E-state index contributed by atoms with van der Waals surface area (Å²) < 4.78 is 29.1. The minimum absolute atomic E-state index is 0.0484. The van der Waals surface area contributed by atoms with E-state index < -0.39 is 38.3 Å². The molecule has 0 aromatic rings. The molecule has 0 amide bonds. The van der Waals surface area contributed by atoms with E-state index in [1.54, 1.807) is 27.7 Å². The van der Waals surface area contributed by atoms with E-state index in [1.807, 2.05) is 0 Å². The molecule has 1 aliphatic carbocycles. The van der Waals surface area contributed by atoms with E-state index in [9.17, 15) is 18.0 Å². The van der Waals surface area contributed by atoms with E-state index in [1.165, 1.54) is 0 Å². The van der Waals surface area contributed by atoms with Gasteiger partial charge in [0.1, 0.15) is 17.1 Å². The van der Waals surface area contributed by atoms with Crippen molar-refractivity contribution in [1.29, 1.82) is 0 Å². The van der Waals surface area contributed by atoms with Crippen molar-refractivity contribution in [2.24, 2.45) is 5.92 Å². The van der Waals surface area contributed by atoms with Crippen molar-refractivity contribution in [2.75, 3.05) is 5.75 Å². The summed E-state index contributed by atoms with van der Waals surface area (Å²) in [6, 6.07) is 0. The van der Waals surface area contributed by atoms with Crippen LogP contribution in [0.15, 0.2) is 0 Å².